The Morgan fingerprint density at radius 1 is 1.09 bits per heavy atom. The molecule has 0 radical (unpaired) electrons. The first-order valence-electron chi connectivity index (χ1n) is 10.9. The highest BCUT2D eigenvalue weighted by Gasteiger charge is 2.17. The van der Waals surface area contributed by atoms with Crippen LogP contribution in [-0.2, 0) is 6.54 Å². The molecule has 0 aliphatic carbocycles. The van der Waals surface area contributed by atoms with Crippen LogP contribution in [0.4, 0.5) is 17.2 Å². The van der Waals surface area contributed by atoms with Crippen molar-refractivity contribution in [2.24, 2.45) is 0 Å². The lowest BCUT2D eigenvalue weighted by atomic mass is 10.1. The molecule has 2 N–H and O–H groups in total. The van der Waals surface area contributed by atoms with Crippen molar-refractivity contribution in [3.05, 3.63) is 58.4 Å². The van der Waals surface area contributed by atoms with E-state index in [9.17, 15) is 10.1 Å². The second-order valence-electron chi connectivity index (χ2n) is 7.27. The molecule has 0 bridgehead atoms. The number of fused-ring (bicyclic) bond motifs is 1. The van der Waals surface area contributed by atoms with Gasteiger partial charge >= 0.3 is 0 Å². The molecule has 170 valence electrons. The largest absolute Gasteiger partial charge is 0.492 e. The molecule has 1 aromatic heterocycles. The Bertz CT molecular complexity index is 1060. The molecule has 9 heteroatoms. The maximum Gasteiger partial charge on any atom is 0.293 e. The van der Waals surface area contributed by atoms with Gasteiger partial charge in [-0.15, -0.1) is 0 Å². The maximum absolute atomic E-state index is 11.5. The lowest BCUT2D eigenvalue weighted by molar-refractivity contribution is -0.383. The molecule has 0 unspecified atom stereocenters. The van der Waals surface area contributed by atoms with Gasteiger partial charge in [0.15, 0.2) is 0 Å². The van der Waals surface area contributed by atoms with Crippen LogP contribution < -0.4 is 15.4 Å². The SMILES string of the molecule is CCNc1cc2ncnc(NCc3cccc(OCCN(CC)CC)c3)c2cc1[N+](=O)[O-]. The number of ether oxygens (including phenoxy) is 1. The van der Waals surface area contributed by atoms with Crippen LogP contribution in [0.1, 0.15) is 26.3 Å². The minimum atomic E-state index is -0.396. The van der Waals surface area contributed by atoms with Gasteiger partial charge in [-0.25, -0.2) is 9.97 Å². The molecule has 9 nitrogen and oxygen atoms in total. The number of likely N-dealkylation sites (N-methyl/N-ethyl adjacent to an activating group) is 1. The molecular weight excluding hydrogens is 408 g/mol. The van der Waals surface area contributed by atoms with Crippen LogP contribution in [0, 0.1) is 10.1 Å². The number of nitro groups is 1. The molecule has 0 aliphatic rings. The lowest BCUT2D eigenvalue weighted by Gasteiger charge is -2.18. The van der Waals surface area contributed by atoms with Crippen molar-refractivity contribution in [1.82, 2.24) is 14.9 Å². The van der Waals surface area contributed by atoms with E-state index in [1.807, 2.05) is 31.2 Å². The van der Waals surface area contributed by atoms with Crippen molar-refractivity contribution < 1.29 is 9.66 Å². The molecule has 3 aromatic rings. The second kappa shape index (κ2) is 11.2. The molecule has 1 heterocycles. The van der Waals surface area contributed by atoms with Crippen LogP contribution in [0.5, 0.6) is 5.75 Å². The van der Waals surface area contributed by atoms with Gasteiger partial charge in [0.1, 0.15) is 30.2 Å². The zero-order chi connectivity index (χ0) is 22.9. The standard InChI is InChI=1S/C23H30N6O3/c1-4-24-21-14-20-19(13-22(21)29(30)31)23(27-16-26-20)25-15-17-8-7-9-18(12-17)32-11-10-28(5-2)6-3/h7-9,12-14,16,24H,4-6,10-11,15H2,1-3H3,(H,25,26,27). The number of anilines is 2. The second-order valence-corrected chi connectivity index (χ2v) is 7.27. The first-order valence-corrected chi connectivity index (χ1v) is 10.9. The van der Waals surface area contributed by atoms with E-state index in [1.54, 1.807) is 6.07 Å². The summed E-state index contributed by atoms with van der Waals surface area (Å²) in [6.45, 7) is 10.8. The van der Waals surface area contributed by atoms with Crippen LogP contribution in [0.15, 0.2) is 42.7 Å². The number of nitrogens with zero attached hydrogens (tertiary/aromatic N) is 4. The smallest absolute Gasteiger partial charge is 0.293 e. The zero-order valence-electron chi connectivity index (χ0n) is 18.8. The van der Waals surface area contributed by atoms with Gasteiger partial charge in [0, 0.05) is 31.1 Å². The summed E-state index contributed by atoms with van der Waals surface area (Å²) in [5, 5.41) is 18.4. The van der Waals surface area contributed by atoms with Gasteiger partial charge < -0.3 is 20.3 Å². The van der Waals surface area contributed by atoms with Crippen molar-refractivity contribution in [3.8, 4) is 5.75 Å². The van der Waals surface area contributed by atoms with Crippen LogP contribution in [-0.4, -0.2) is 52.6 Å². The molecule has 0 spiro atoms. The first kappa shape index (κ1) is 23.2. The Labute approximate surface area is 188 Å². The van der Waals surface area contributed by atoms with E-state index < -0.39 is 4.92 Å². The van der Waals surface area contributed by atoms with E-state index in [0.29, 0.717) is 42.1 Å². The molecule has 0 saturated carbocycles. The van der Waals surface area contributed by atoms with Crippen LogP contribution >= 0.6 is 0 Å². The lowest BCUT2D eigenvalue weighted by Crippen LogP contribution is -2.27. The predicted molar refractivity (Wildman–Crippen MR) is 127 cm³/mol. The van der Waals surface area contributed by atoms with Crippen LogP contribution in [0.25, 0.3) is 10.9 Å². The predicted octanol–water partition coefficient (Wildman–Crippen LogP) is 4.30. The Hall–Kier alpha value is -3.46. The maximum atomic E-state index is 11.5. The average Bonchev–Trinajstić information content (AvgIpc) is 2.80. The molecule has 0 aliphatic heterocycles. The van der Waals surface area contributed by atoms with Crippen molar-refractivity contribution in [2.45, 2.75) is 27.3 Å². The first-order chi connectivity index (χ1) is 15.5. The highest BCUT2D eigenvalue weighted by Crippen LogP contribution is 2.32. The van der Waals surface area contributed by atoms with E-state index in [1.165, 1.54) is 12.4 Å². The van der Waals surface area contributed by atoms with Gasteiger partial charge in [-0.3, -0.25) is 10.1 Å². The van der Waals surface area contributed by atoms with E-state index >= 15 is 0 Å². The minimum Gasteiger partial charge on any atom is -0.492 e. The summed E-state index contributed by atoms with van der Waals surface area (Å²) < 4.78 is 5.90. The number of nitro benzene ring substituents is 1. The van der Waals surface area contributed by atoms with Gasteiger partial charge in [0.05, 0.1) is 10.4 Å². The molecule has 2 aromatic carbocycles. The monoisotopic (exact) mass is 438 g/mol. The molecule has 32 heavy (non-hydrogen) atoms. The summed E-state index contributed by atoms with van der Waals surface area (Å²) in [5.41, 5.74) is 2.11. The summed E-state index contributed by atoms with van der Waals surface area (Å²) in [7, 11) is 0. The Balaban J connectivity index is 1.73. The average molecular weight is 439 g/mol. The van der Waals surface area contributed by atoms with E-state index in [2.05, 4.69) is 39.3 Å². The number of aromatic nitrogens is 2. The molecule has 3 rings (SSSR count). The summed E-state index contributed by atoms with van der Waals surface area (Å²) in [6.07, 6.45) is 1.46. The summed E-state index contributed by atoms with van der Waals surface area (Å²) in [4.78, 5) is 22.0. The molecule has 0 amide bonds. The van der Waals surface area contributed by atoms with Gasteiger partial charge in [0.25, 0.3) is 5.69 Å². The number of benzene rings is 2. The van der Waals surface area contributed by atoms with Crippen molar-refractivity contribution in [3.63, 3.8) is 0 Å². The molecular formula is C23H30N6O3. The van der Waals surface area contributed by atoms with E-state index in [-0.39, 0.29) is 5.69 Å². The van der Waals surface area contributed by atoms with Crippen molar-refractivity contribution in [2.75, 3.05) is 43.4 Å². The van der Waals surface area contributed by atoms with Crippen molar-refractivity contribution >= 4 is 28.1 Å². The van der Waals surface area contributed by atoms with Crippen LogP contribution in [0.2, 0.25) is 0 Å². The normalized spacial score (nSPS) is 11.0. The third-order valence-corrected chi connectivity index (χ3v) is 5.25. The number of nitrogens with one attached hydrogen (secondary N) is 2. The van der Waals surface area contributed by atoms with Crippen molar-refractivity contribution in [1.29, 1.82) is 0 Å². The third-order valence-electron chi connectivity index (χ3n) is 5.25. The Morgan fingerprint density at radius 2 is 1.91 bits per heavy atom. The van der Waals surface area contributed by atoms with E-state index in [0.717, 1.165) is 30.9 Å². The van der Waals surface area contributed by atoms with Crippen LogP contribution in [0.3, 0.4) is 0 Å². The number of hydrogen-bond acceptors (Lipinski definition) is 8. The fourth-order valence-corrected chi connectivity index (χ4v) is 3.48. The fraction of sp³-hybridized carbons (Fsp3) is 0.391. The third kappa shape index (κ3) is 5.82. The quantitative estimate of drug-likeness (QED) is 0.318. The summed E-state index contributed by atoms with van der Waals surface area (Å²) in [5.74, 6) is 1.36. The highest BCUT2D eigenvalue weighted by atomic mass is 16.6. The van der Waals surface area contributed by atoms with E-state index in [4.69, 9.17) is 4.74 Å². The topological polar surface area (TPSA) is 105 Å². The Kier molecular flexibility index (Phi) is 8.15. The Morgan fingerprint density at radius 3 is 2.62 bits per heavy atom. The zero-order valence-corrected chi connectivity index (χ0v) is 18.8. The molecule has 0 fully saturated rings. The highest BCUT2D eigenvalue weighted by molar-refractivity contribution is 5.94. The number of rotatable bonds is 12. The summed E-state index contributed by atoms with van der Waals surface area (Å²) >= 11 is 0. The van der Waals surface area contributed by atoms with Gasteiger partial charge in [-0.1, -0.05) is 26.0 Å². The van der Waals surface area contributed by atoms with Gasteiger partial charge in [-0.2, -0.15) is 0 Å². The molecule has 0 saturated heterocycles. The van der Waals surface area contributed by atoms with Gasteiger partial charge in [0.2, 0.25) is 0 Å². The number of hydrogen-bond donors (Lipinski definition) is 2. The fourth-order valence-electron chi connectivity index (χ4n) is 3.48. The minimum absolute atomic E-state index is 0.000740. The summed E-state index contributed by atoms with van der Waals surface area (Å²) in [6, 6.07) is 11.1. The molecule has 0 atom stereocenters. The van der Waals surface area contributed by atoms with Gasteiger partial charge in [-0.05, 0) is 43.8 Å².